The van der Waals surface area contributed by atoms with Gasteiger partial charge in [-0.05, 0) is 39.1 Å². The highest BCUT2D eigenvalue weighted by molar-refractivity contribution is 5.96. The van der Waals surface area contributed by atoms with Crippen LogP contribution in [0.1, 0.15) is 35.3 Å². The summed E-state index contributed by atoms with van der Waals surface area (Å²) in [5.41, 5.74) is 5.69. The van der Waals surface area contributed by atoms with Crippen molar-refractivity contribution in [1.29, 1.82) is 0 Å². The van der Waals surface area contributed by atoms with E-state index >= 15 is 0 Å². The van der Waals surface area contributed by atoms with Crippen molar-refractivity contribution in [1.82, 2.24) is 19.3 Å². The quantitative estimate of drug-likeness (QED) is 0.582. The Kier molecular flexibility index (Phi) is 5.17. The molecule has 2 heterocycles. The maximum Gasteiger partial charge on any atom is 0.162 e. The summed E-state index contributed by atoms with van der Waals surface area (Å²) in [6.45, 7) is 0.923. The molecule has 0 fully saturated rings. The van der Waals surface area contributed by atoms with Gasteiger partial charge in [0.25, 0.3) is 0 Å². The first-order valence-electron chi connectivity index (χ1n) is 9.60. The van der Waals surface area contributed by atoms with Crippen LogP contribution in [0, 0.1) is 0 Å². The number of hydrogen-bond donors (Lipinski definition) is 0. The van der Waals surface area contributed by atoms with E-state index in [0.717, 1.165) is 47.5 Å². The van der Waals surface area contributed by atoms with Gasteiger partial charge in [-0.2, -0.15) is 0 Å². The van der Waals surface area contributed by atoms with Gasteiger partial charge in [0.05, 0.1) is 23.8 Å². The summed E-state index contributed by atoms with van der Waals surface area (Å²) in [7, 11) is 4.04. The Morgan fingerprint density at radius 1 is 1.14 bits per heavy atom. The molecule has 1 aliphatic carbocycles. The third kappa shape index (κ3) is 3.80. The summed E-state index contributed by atoms with van der Waals surface area (Å²) in [6.07, 6.45) is 14.6. The van der Waals surface area contributed by atoms with Gasteiger partial charge in [-0.25, -0.2) is 4.98 Å². The predicted octanol–water partition coefficient (Wildman–Crippen LogP) is 4.26. The normalized spacial score (nSPS) is 13.5. The molecule has 0 amide bonds. The van der Waals surface area contributed by atoms with Gasteiger partial charge >= 0.3 is 0 Å². The number of benzene rings is 1. The minimum atomic E-state index is 0.189. The number of rotatable bonds is 7. The van der Waals surface area contributed by atoms with Gasteiger partial charge in [0.2, 0.25) is 0 Å². The molecule has 0 radical (unpaired) electrons. The molecule has 1 aliphatic rings. The molecule has 0 bridgehead atoms. The van der Waals surface area contributed by atoms with Gasteiger partial charge in [-0.1, -0.05) is 42.5 Å². The Balaban J connectivity index is 1.55. The summed E-state index contributed by atoms with van der Waals surface area (Å²) in [5.74, 6) is 0.189. The number of hydrogen-bond acceptors (Lipinski definition) is 4. The van der Waals surface area contributed by atoms with E-state index in [1.165, 1.54) is 5.57 Å². The van der Waals surface area contributed by atoms with Gasteiger partial charge in [0.15, 0.2) is 11.4 Å². The zero-order valence-electron chi connectivity index (χ0n) is 16.3. The fraction of sp³-hybridized carbons (Fsp3) is 0.261. The molecule has 0 saturated carbocycles. The minimum Gasteiger partial charge on any atom is -0.309 e. The fourth-order valence-corrected chi connectivity index (χ4v) is 3.43. The number of imidazole rings is 1. The van der Waals surface area contributed by atoms with Crippen LogP contribution in [0.2, 0.25) is 0 Å². The molecule has 0 saturated heterocycles. The van der Waals surface area contributed by atoms with E-state index < -0.39 is 0 Å². The topological polar surface area (TPSA) is 50.5 Å². The number of Topliss-reactive ketones (excluding diaryl/α,β-unsaturated/α-hetero) is 1. The molecular formula is C23H24N4O. The van der Waals surface area contributed by atoms with E-state index in [9.17, 15) is 4.79 Å². The first-order valence-corrected chi connectivity index (χ1v) is 9.60. The average molecular weight is 372 g/mol. The van der Waals surface area contributed by atoms with Crippen molar-refractivity contribution >= 4 is 17.0 Å². The molecule has 142 valence electrons. The van der Waals surface area contributed by atoms with Crippen LogP contribution >= 0.6 is 0 Å². The number of ketones is 1. The first kappa shape index (κ1) is 18.3. The molecule has 5 nitrogen and oxygen atoms in total. The Labute approximate surface area is 165 Å². The van der Waals surface area contributed by atoms with Crippen LogP contribution in [-0.4, -0.2) is 45.7 Å². The molecule has 28 heavy (non-hydrogen) atoms. The second kappa shape index (κ2) is 7.90. The second-order valence-electron chi connectivity index (χ2n) is 7.35. The molecule has 0 aliphatic heterocycles. The summed E-state index contributed by atoms with van der Waals surface area (Å²) >= 11 is 0. The Morgan fingerprint density at radius 2 is 1.96 bits per heavy atom. The maximum atomic E-state index is 12.3. The SMILES string of the molecule is CN(C)CCCC(=O)c1ccc(-c2cn3c(C4=CCC=C4)cnc3cn2)cc1. The highest BCUT2D eigenvalue weighted by atomic mass is 16.1. The molecule has 2 aromatic heterocycles. The molecule has 5 heteroatoms. The monoisotopic (exact) mass is 372 g/mol. The molecule has 0 atom stereocenters. The molecule has 0 N–H and O–H groups in total. The summed E-state index contributed by atoms with van der Waals surface area (Å²) in [5, 5.41) is 0. The van der Waals surface area contributed by atoms with E-state index in [0.29, 0.717) is 6.42 Å². The van der Waals surface area contributed by atoms with Crippen molar-refractivity contribution < 1.29 is 4.79 Å². The largest absolute Gasteiger partial charge is 0.309 e. The van der Waals surface area contributed by atoms with Crippen molar-refractivity contribution in [3.8, 4) is 11.3 Å². The highest BCUT2D eigenvalue weighted by Crippen LogP contribution is 2.25. The average Bonchev–Trinajstić information content (AvgIpc) is 3.36. The first-order chi connectivity index (χ1) is 13.6. The number of fused-ring (bicyclic) bond motifs is 1. The van der Waals surface area contributed by atoms with E-state index in [1.54, 1.807) is 6.20 Å². The van der Waals surface area contributed by atoms with E-state index in [1.807, 2.05) is 50.8 Å². The molecular weight excluding hydrogens is 348 g/mol. The van der Waals surface area contributed by atoms with Crippen LogP contribution < -0.4 is 0 Å². The third-order valence-corrected chi connectivity index (χ3v) is 4.97. The van der Waals surface area contributed by atoms with E-state index in [-0.39, 0.29) is 5.78 Å². The smallest absolute Gasteiger partial charge is 0.162 e. The van der Waals surface area contributed by atoms with Crippen LogP contribution in [0.15, 0.2) is 61.1 Å². The molecule has 1 aromatic carbocycles. The maximum absolute atomic E-state index is 12.3. The molecule has 4 rings (SSSR count). The van der Waals surface area contributed by atoms with Crippen molar-refractivity contribution in [2.75, 3.05) is 20.6 Å². The van der Waals surface area contributed by atoms with Crippen LogP contribution in [0.5, 0.6) is 0 Å². The number of carbonyl (C=O) groups excluding carboxylic acids is 1. The number of nitrogens with zero attached hydrogens (tertiary/aromatic N) is 4. The van der Waals surface area contributed by atoms with Gasteiger partial charge in [-0.3, -0.25) is 14.2 Å². The number of aromatic nitrogens is 3. The van der Waals surface area contributed by atoms with Crippen molar-refractivity contribution in [2.24, 2.45) is 0 Å². The number of carbonyl (C=O) groups is 1. The minimum absolute atomic E-state index is 0.189. The molecule has 0 spiro atoms. The lowest BCUT2D eigenvalue weighted by Gasteiger charge is -2.09. The Hall–Kier alpha value is -3.05. The number of allylic oxidation sites excluding steroid dienone is 4. The zero-order chi connectivity index (χ0) is 19.5. The Bertz CT molecular complexity index is 1060. The molecule has 3 aromatic rings. The summed E-state index contributed by atoms with van der Waals surface area (Å²) in [4.78, 5) is 23.4. The Morgan fingerprint density at radius 3 is 2.68 bits per heavy atom. The van der Waals surface area contributed by atoms with Gasteiger partial charge < -0.3 is 4.90 Å². The van der Waals surface area contributed by atoms with Gasteiger partial charge in [0, 0.05) is 23.7 Å². The highest BCUT2D eigenvalue weighted by Gasteiger charge is 2.11. The zero-order valence-corrected chi connectivity index (χ0v) is 16.3. The third-order valence-electron chi connectivity index (χ3n) is 4.97. The lowest BCUT2D eigenvalue weighted by atomic mass is 10.0. The lowest BCUT2D eigenvalue weighted by Crippen LogP contribution is -2.14. The fourth-order valence-electron chi connectivity index (χ4n) is 3.43. The van der Waals surface area contributed by atoms with Gasteiger partial charge in [0.1, 0.15) is 0 Å². The van der Waals surface area contributed by atoms with E-state index in [2.05, 4.69) is 37.5 Å². The van der Waals surface area contributed by atoms with Crippen molar-refractivity contribution in [2.45, 2.75) is 19.3 Å². The lowest BCUT2D eigenvalue weighted by molar-refractivity contribution is 0.0977. The van der Waals surface area contributed by atoms with Crippen LogP contribution in [0.4, 0.5) is 0 Å². The van der Waals surface area contributed by atoms with Gasteiger partial charge in [-0.15, -0.1) is 0 Å². The molecule has 0 unspecified atom stereocenters. The van der Waals surface area contributed by atoms with Crippen LogP contribution in [0.25, 0.3) is 22.5 Å². The van der Waals surface area contributed by atoms with E-state index in [4.69, 9.17) is 0 Å². The second-order valence-corrected chi connectivity index (χ2v) is 7.35. The van der Waals surface area contributed by atoms with Crippen LogP contribution in [0.3, 0.4) is 0 Å². The standard InChI is InChI=1S/C23H24N4O/c1-26(2)13-5-8-22(28)19-11-9-17(10-12-19)20-16-27-21(18-6-3-4-7-18)14-25-23(27)15-24-20/h3,6-7,9-12,14-16H,4-5,8,13H2,1-2H3. The van der Waals surface area contributed by atoms with Crippen LogP contribution in [-0.2, 0) is 0 Å². The summed E-state index contributed by atoms with van der Waals surface area (Å²) < 4.78 is 2.07. The predicted molar refractivity (Wildman–Crippen MR) is 112 cm³/mol. The summed E-state index contributed by atoms with van der Waals surface area (Å²) in [6, 6.07) is 7.74. The van der Waals surface area contributed by atoms with Crippen molar-refractivity contribution in [3.63, 3.8) is 0 Å². The van der Waals surface area contributed by atoms with Crippen molar-refractivity contribution in [3.05, 3.63) is 72.3 Å².